The Hall–Kier alpha value is -1.49. The highest BCUT2D eigenvalue weighted by molar-refractivity contribution is 5.53. The molecule has 0 unspecified atom stereocenters. The van der Waals surface area contributed by atoms with Crippen LogP contribution in [-0.4, -0.2) is 29.3 Å². The van der Waals surface area contributed by atoms with E-state index in [2.05, 4.69) is 24.1 Å². The highest BCUT2D eigenvalue weighted by Gasteiger charge is 2.26. The molecular weight excluding hydrogens is 242 g/mol. The van der Waals surface area contributed by atoms with E-state index in [9.17, 15) is 5.11 Å². The minimum Gasteiger partial charge on any atom is -0.476 e. The van der Waals surface area contributed by atoms with Gasteiger partial charge >= 0.3 is 0 Å². The van der Waals surface area contributed by atoms with Gasteiger partial charge in [0.05, 0.1) is 18.4 Å². The molecule has 106 valence electrons. The first-order chi connectivity index (χ1) is 9.04. The first kappa shape index (κ1) is 13.9. The third kappa shape index (κ3) is 3.99. The van der Waals surface area contributed by atoms with E-state index in [1.807, 2.05) is 6.07 Å². The van der Waals surface area contributed by atoms with E-state index in [1.54, 1.807) is 6.07 Å². The van der Waals surface area contributed by atoms with Crippen LogP contribution >= 0.6 is 0 Å². The van der Waals surface area contributed by atoms with Crippen molar-refractivity contribution in [1.29, 1.82) is 0 Å². The largest absolute Gasteiger partial charge is 0.476 e. The van der Waals surface area contributed by atoms with Crippen LogP contribution in [0.4, 0.5) is 11.5 Å². The van der Waals surface area contributed by atoms with Gasteiger partial charge in [-0.15, -0.1) is 0 Å². The topological polar surface area (TPSA) is 80.4 Å². The maximum atomic E-state index is 9.24. The van der Waals surface area contributed by atoms with Gasteiger partial charge in [-0.1, -0.05) is 13.8 Å². The summed E-state index contributed by atoms with van der Waals surface area (Å²) in [4.78, 5) is 4.37. The van der Waals surface area contributed by atoms with Crippen molar-refractivity contribution in [2.75, 3.05) is 24.2 Å². The Morgan fingerprint density at radius 1 is 1.47 bits per heavy atom. The van der Waals surface area contributed by atoms with E-state index in [0.29, 0.717) is 30.0 Å². The number of aliphatic hydroxyl groups is 1. The maximum Gasteiger partial charge on any atom is 0.239 e. The second-order valence-corrected chi connectivity index (χ2v) is 5.67. The first-order valence-corrected chi connectivity index (χ1v) is 6.86. The van der Waals surface area contributed by atoms with Gasteiger partial charge in [0.1, 0.15) is 5.82 Å². The number of rotatable bonds is 6. The van der Waals surface area contributed by atoms with E-state index in [-0.39, 0.29) is 6.10 Å². The standard InChI is InChI=1S/C14H23N3O2/c1-9(2)8-19-14-12(15)3-4-13(17-14)16-7-10-5-11(18)6-10/h3-4,9-11,18H,5-8,15H2,1-2H3,(H,16,17). The van der Waals surface area contributed by atoms with Crippen LogP contribution in [0.3, 0.4) is 0 Å². The molecule has 5 nitrogen and oxygen atoms in total. The molecule has 1 saturated carbocycles. The molecule has 1 aliphatic rings. The van der Waals surface area contributed by atoms with Crippen molar-refractivity contribution in [2.24, 2.45) is 11.8 Å². The Balaban J connectivity index is 1.88. The zero-order chi connectivity index (χ0) is 13.8. The summed E-state index contributed by atoms with van der Waals surface area (Å²) in [5.41, 5.74) is 6.40. The highest BCUT2D eigenvalue weighted by Crippen LogP contribution is 2.28. The van der Waals surface area contributed by atoms with Crippen molar-refractivity contribution >= 4 is 11.5 Å². The maximum absolute atomic E-state index is 9.24. The number of nitrogens with zero attached hydrogens (tertiary/aromatic N) is 1. The molecule has 0 aromatic carbocycles. The van der Waals surface area contributed by atoms with Crippen LogP contribution in [0.25, 0.3) is 0 Å². The third-order valence-electron chi connectivity index (χ3n) is 3.23. The summed E-state index contributed by atoms with van der Waals surface area (Å²) >= 11 is 0. The van der Waals surface area contributed by atoms with Gasteiger partial charge in [0.15, 0.2) is 0 Å². The van der Waals surface area contributed by atoms with Crippen molar-refractivity contribution in [2.45, 2.75) is 32.8 Å². The second kappa shape index (κ2) is 6.10. The van der Waals surface area contributed by atoms with Crippen molar-refractivity contribution in [3.63, 3.8) is 0 Å². The third-order valence-corrected chi connectivity index (χ3v) is 3.23. The van der Waals surface area contributed by atoms with E-state index < -0.39 is 0 Å². The quantitative estimate of drug-likeness (QED) is 0.732. The van der Waals surface area contributed by atoms with E-state index >= 15 is 0 Å². The summed E-state index contributed by atoms with van der Waals surface area (Å²) in [5, 5.41) is 12.5. The van der Waals surface area contributed by atoms with Gasteiger partial charge in [-0.25, -0.2) is 0 Å². The molecule has 2 rings (SSSR count). The molecule has 1 aromatic heterocycles. The molecule has 1 aromatic rings. The number of aliphatic hydroxyl groups excluding tert-OH is 1. The van der Waals surface area contributed by atoms with Crippen LogP contribution in [0.2, 0.25) is 0 Å². The molecule has 0 spiro atoms. The van der Waals surface area contributed by atoms with Gasteiger partial charge in [-0.05, 0) is 36.8 Å². The molecule has 19 heavy (non-hydrogen) atoms. The van der Waals surface area contributed by atoms with E-state index in [4.69, 9.17) is 10.5 Å². The van der Waals surface area contributed by atoms with Crippen LogP contribution in [-0.2, 0) is 0 Å². The number of nitrogens with two attached hydrogens (primary N) is 1. The molecule has 1 aliphatic carbocycles. The average molecular weight is 265 g/mol. The van der Waals surface area contributed by atoms with Crippen LogP contribution in [0, 0.1) is 11.8 Å². The van der Waals surface area contributed by atoms with Crippen LogP contribution in [0.15, 0.2) is 12.1 Å². The van der Waals surface area contributed by atoms with Gasteiger partial charge in [-0.3, -0.25) is 0 Å². The molecule has 1 heterocycles. The van der Waals surface area contributed by atoms with Crippen LogP contribution in [0.1, 0.15) is 26.7 Å². The Labute approximate surface area is 114 Å². The van der Waals surface area contributed by atoms with Gasteiger partial charge in [0.2, 0.25) is 5.88 Å². The number of ether oxygens (including phenoxy) is 1. The van der Waals surface area contributed by atoms with Crippen molar-refractivity contribution in [3.8, 4) is 5.88 Å². The fourth-order valence-electron chi connectivity index (χ4n) is 2.03. The smallest absolute Gasteiger partial charge is 0.239 e. The van der Waals surface area contributed by atoms with Crippen molar-refractivity contribution < 1.29 is 9.84 Å². The van der Waals surface area contributed by atoms with Gasteiger partial charge < -0.3 is 20.9 Å². The fraction of sp³-hybridized carbons (Fsp3) is 0.643. The Bertz CT molecular complexity index is 417. The number of pyridine rings is 1. The van der Waals surface area contributed by atoms with E-state index in [0.717, 1.165) is 25.2 Å². The predicted molar refractivity (Wildman–Crippen MR) is 76.2 cm³/mol. The molecule has 5 heteroatoms. The van der Waals surface area contributed by atoms with Crippen molar-refractivity contribution in [1.82, 2.24) is 4.98 Å². The Morgan fingerprint density at radius 2 is 2.21 bits per heavy atom. The lowest BCUT2D eigenvalue weighted by Gasteiger charge is -2.31. The SMILES string of the molecule is CC(C)COc1nc(NCC2CC(O)C2)ccc1N. The fourth-order valence-corrected chi connectivity index (χ4v) is 2.03. The predicted octanol–water partition coefficient (Wildman–Crippen LogP) is 1.88. The monoisotopic (exact) mass is 265 g/mol. The summed E-state index contributed by atoms with van der Waals surface area (Å²) in [6.45, 7) is 5.60. The lowest BCUT2D eigenvalue weighted by molar-refractivity contribution is 0.0486. The lowest BCUT2D eigenvalue weighted by Crippen LogP contribution is -2.33. The molecule has 0 aliphatic heterocycles. The van der Waals surface area contributed by atoms with Crippen LogP contribution in [0.5, 0.6) is 5.88 Å². The van der Waals surface area contributed by atoms with Crippen molar-refractivity contribution in [3.05, 3.63) is 12.1 Å². The normalized spacial score (nSPS) is 22.1. The summed E-state index contributed by atoms with van der Waals surface area (Å²) < 4.78 is 5.59. The lowest BCUT2D eigenvalue weighted by atomic mass is 9.82. The minimum absolute atomic E-state index is 0.115. The number of nitrogen functional groups attached to an aromatic ring is 1. The molecule has 1 fully saturated rings. The number of anilines is 2. The van der Waals surface area contributed by atoms with Gasteiger partial charge in [-0.2, -0.15) is 4.98 Å². The number of hydrogen-bond donors (Lipinski definition) is 3. The number of aromatic nitrogens is 1. The molecule has 0 saturated heterocycles. The first-order valence-electron chi connectivity index (χ1n) is 6.86. The summed E-state index contributed by atoms with van der Waals surface area (Å²) in [6.07, 6.45) is 1.63. The average Bonchev–Trinajstić information content (AvgIpc) is 2.33. The summed E-state index contributed by atoms with van der Waals surface area (Å²) in [5.74, 6) is 2.24. The van der Waals surface area contributed by atoms with E-state index in [1.165, 1.54) is 0 Å². The molecular formula is C14H23N3O2. The Morgan fingerprint density at radius 3 is 2.84 bits per heavy atom. The van der Waals surface area contributed by atoms with Gasteiger partial charge in [0.25, 0.3) is 0 Å². The molecule has 0 bridgehead atoms. The molecule has 0 amide bonds. The minimum atomic E-state index is -0.115. The van der Waals surface area contributed by atoms with Gasteiger partial charge in [0, 0.05) is 6.54 Å². The molecule has 4 N–H and O–H groups in total. The molecule has 0 radical (unpaired) electrons. The highest BCUT2D eigenvalue weighted by atomic mass is 16.5. The summed E-state index contributed by atoms with van der Waals surface area (Å²) in [7, 11) is 0. The zero-order valence-corrected chi connectivity index (χ0v) is 11.6. The number of hydrogen-bond acceptors (Lipinski definition) is 5. The van der Waals surface area contributed by atoms with Crippen LogP contribution < -0.4 is 15.8 Å². The Kier molecular flexibility index (Phi) is 4.47. The molecule has 0 atom stereocenters. The zero-order valence-electron chi connectivity index (χ0n) is 11.6. The summed E-state index contributed by atoms with van der Waals surface area (Å²) in [6, 6.07) is 3.66. The number of nitrogens with one attached hydrogen (secondary N) is 1. The second-order valence-electron chi connectivity index (χ2n) is 5.67.